The lowest BCUT2D eigenvalue weighted by Gasteiger charge is -2.45. The van der Waals surface area contributed by atoms with Crippen molar-refractivity contribution in [1.29, 1.82) is 0 Å². The van der Waals surface area contributed by atoms with Crippen molar-refractivity contribution in [3.8, 4) is 5.75 Å². The Morgan fingerprint density at radius 1 is 0.953 bits per heavy atom. The second kappa shape index (κ2) is 13.8. The number of likely N-dealkylation sites (tertiary alicyclic amines) is 2. The van der Waals surface area contributed by atoms with Crippen molar-refractivity contribution >= 4 is 11.7 Å². The number of hydrogen-bond donors (Lipinski definition) is 1. The number of phenolic OH excluding ortho intramolecular Hbond substituents is 1. The van der Waals surface area contributed by atoms with Crippen molar-refractivity contribution in [2.24, 2.45) is 11.8 Å². The Kier molecular flexibility index (Phi) is 9.93. The first-order valence-electron chi connectivity index (χ1n) is 15.6. The smallest absolute Gasteiger partial charge is 0.228 e. The van der Waals surface area contributed by atoms with Crippen LogP contribution in [-0.2, 0) is 4.79 Å². The topological polar surface area (TPSA) is 64.1 Å². The summed E-state index contributed by atoms with van der Waals surface area (Å²) in [6, 6.07) is 21.6. The third kappa shape index (κ3) is 7.00. The van der Waals surface area contributed by atoms with Gasteiger partial charge in [-0.2, -0.15) is 0 Å². The predicted molar refractivity (Wildman–Crippen MR) is 168 cm³/mol. The van der Waals surface area contributed by atoms with Gasteiger partial charge in [-0.25, -0.2) is 4.39 Å². The number of phenols is 1. The zero-order valence-corrected chi connectivity index (χ0v) is 25.6. The van der Waals surface area contributed by atoms with E-state index in [1.807, 2.05) is 29.2 Å². The van der Waals surface area contributed by atoms with E-state index in [0.717, 1.165) is 49.9 Å². The lowest BCUT2D eigenvalue weighted by atomic mass is 9.69. The van der Waals surface area contributed by atoms with Crippen molar-refractivity contribution in [3.63, 3.8) is 0 Å². The number of ketones is 1. The Labute approximate surface area is 255 Å². The lowest BCUT2D eigenvalue weighted by molar-refractivity contribution is -0.139. The number of rotatable bonds is 10. The molecule has 228 valence electrons. The number of hydrogen-bond acceptors (Lipinski definition) is 5. The number of Topliss-reactive ketones (excluding diaryl/α,β-unsaturated/α-hetero) is 1. The summed E-state index contributed by atoms with van der Waals surface area (Å²) >= 11 is 0. The van der Waals surface area contributed by atoms with Crippen molar-refractivity contribution in [3.05, 3.63) is 101 Å². The molecule has 0 radical (unpaired) electrons. The van der Waals surface area contributed by atoms with Gasteiger partial charge in [-0.1, -0.05) is 54.6 Å². The molecule has 2 fully saturated rings. The number of carbonyl (C=O) groups excluding carboxylic acids is 2. The van der Waals surface area contributed by atoms with Crippen LogP contribution in [0.15, 0.2) is 72.8 Å². The van der Waals surface area contributed by atoms with E-state index in [2.05, 4.69) is 36.0 Å². The van der Waals surface area contributed by atoms with Gasteiger partial charge < -0.3 is 19.8 Å². The Balaban J connectivity index is 1.55. The van der Waals surface area contributed by atoms with Crippen LogP contribution in [-0.4, -0.2) is 78.3 Å². The molecular weight excluding hydrogens is 541 g/mol. The maximum absolute atomic E-state index is 15.1. The highest BCUT2D eigenvalue weighted by Crippen LogP contribution is 2.44. The van der Waals surface area contributed by atoms with E-state index in [9.17, 15) is 14.7 Å². The van der Waals surface area contributed by atoms with Gasteiger partial charge in [0.15, 0.2) is 5.78 Å². The predicted octanol–water partition coefficient (Wildman–Crippen LogP) is 6.06. The van der Waals surface area contributed by atoms with Gasteiger partial charge in [0.05, 0.1) is 12.0 Å². The van der Waals surface area contributed by atoms with E-state index in [-0.39, 0.29) is 29.3 Å². The maximum atomic E-state index is 15.1. The number of unbranched alkanes of at least 4 members (excludes halogenated alkanes) is 1. The molecule has 3 aromatic carbocycles. The molecule has 1 amide bonds. The number of nitrogens with zero attached hydrogens (tertiary/aromatic N) is 3. The Hall–Kier alpha value is -3.55. The zero-order chi connectivity index (χ0) is 30.5. The van der Waals surface area contributed by atoms with Crippen molar-refractivity contribution in [2.45, 2.75) is 44.6 Å². The summed E-state index contributed by atoms with van der Waals surface area (Å²) in [6.45, 7) is 5.15. The van der Waals surface area contributed by atoms with E-state index < -0.39 is 17.8 Å². The molecule has 3 aromatic rings. The zero-order valence-electron chi connectivity index (χ0n) is 25.6. The SMILES string of the molecule is Cc1c(F)cccc1[C@@H]1[C@@H](C(=O)c2cccc(O)c2)CN(CCCCN(C)C)C[C@H]1C(=O)N1CCC[C@@H]1c1ccccc1. The standard InChI is InChI=1S/C36H44FN3O3/c1-25-29(16-10-17-32(25)37)34-30(35(42)27-14-9-15-28(41)22-27)23-39(20-8-7-19-38(2)3)24-31(34)36(43)40-21-11-18-33(40)26-12-5-4-6-13-26/h4-6,9-10,12-17,22,30-31,33-34,41H,7-8,11,18-21,23-24H2,1-3H3/t30-,31+,33+,34+/m0/s1. The van der Waals surface area contributed by atoms with Crippen LogP contribution in [0.25, 0.3) is 0 Å². The number of aromatic hydroxyl groups is 1. The number of amides is 1. The minimum Gasteiger partial charge on any atom is -0.508 e. The van der Waals surface area contributed by atoms with Gasteiger partial charge in [0, 0.05) is 37.0 Å². The molecule has 1 N–H and O–H groups in total. The highest BCUT2D eigenvalue weighted by molar-refractivity contribution is 5.99. The highest BCUT2D eigenvalue weighted by atomic mass is 19.1. The van der Waals surface area contributed by atoms with Crippen LogP contribution in [0.2, 0.25) is 0 Å². The molecule has 2 heterocycles. The van der Waals surface area contributed by atoms with E-state index in [1.54, 1.807) is 31.2 Å². The van der Waals surface area contributed by atoms with Gasteiger partial charge in [-0.05, 0) is 94.7 Å². The van der Waals surface area contributed by atoms with Crippen molar-refractivity contribution in [1.82, 2.24) is 14.7 Å². The number of benzene rings is 3. The normalized spacial score (nSPS) is 22.7. The highest BCUT2D eigenvalue weighted by Gasteiger charge is 2.47. The van der Waals surface area contributed by atoms with Gasteiger partial charge in [0.1, 0.15) is 11.6 Å². The van der Waals surface area contributed by atoms with Crippen LogP contribution in [0.5, 0.6) is 5.75 Å². The first-order chi connectivity index (χ1) is 20.7. The molecule has 0 spiro atoms. The fourth-order valence-corrected chi connectivity index (χ4v) is 7.12. The third-order valence-corrected chi connectivity index (χ3v) is 9.28. The van der Waals surface area contributed by atoms with Gasteiger partial charge in [-0.3, -0.25) is 9.59 Å². The summed E-state index contributed by atoms with van der Waals surface area (Å²) in [6.07, 6.45) is 3.78. The Bertz CT molecular complexity index is 1410. The summed E-state index contributed by atoms with van der Waals surface area (Å²) in [5.41, 5.74) is 2.74. The molecule has 0 bridgehead atoms. The second-order valence-electron chi connectivity index (χ2n) is 12.5. The summed E-state index contributed by atoms with van der Waals surface area (Å²) in [5.74, 6) is -1.98. The quantitative estimate of drug-likeness (QED) is 0.232. The monoisotopic (exact) mass is 585 g/mol. The second-order valence-corrected chi connectivity index (χ2v) is 12.5. The van der Waals surface area contributed by atoms with E-state index in [4.69, 9.17) is 0 Å². The van der Waals surface area contributed by atoms with Crippen molar-refractivity contribution in [2.75, 3.05) is 46.8 Å². The van der Waals surface area contributed by atoms with Crippen LogP contribution >= 0.6 is 0 Å². The molecule has 0 saturated carbocycles. The Morgan fingerprint density at radius 3 is 2.44 bits per heavy atom. The molecule has 0 aliphatic carbocycles. The molecule has 2 saturated heterocycles. The van der Waals surface area contributed by atoms with Crippen LogP contribution in [0.4, 0.5) is 4.39 Å². The van der Waals surface area contributed by atoms with Crippen molar-refractivity contribution < 1.29 is 19.1 Å². The molecule has 4 atom stereocenters. The number of halogens is 1. The van der Waals surface area contributed by atoms with Crippen LogP contribution < -0.4 is 0 Å². The number of piperidine rings is 1. The van der Waals surface area contributed by atoms with Gasteiger partial charge in [0.25, 0.3) is 0 Å². The lowest BCUT2D eigenvalue weighted by Crippen LogP contribution is -2.53. The molecule has 5 rings (SSSR count). The van der Waals surface area contributed by atoms with E-state index in [0.29, 0.717) is 30.8 Å². The minimum absolute atomic E-state index is 0.0151. The molecule has 7 heteroatoms. The van der Waals surface area contributed by atoms with Gasteiger partial charge in [-0.15, -0.1) is 0 Å². The fourth-order valence-electron chi connectivity index (χ4n) is 7.12. The van der Waals surface area contributed by atoms with Gasteiger partial charge >= 0.3 is 0 Å². The van der Waals surface area contributed by atoms with E-state index in [1.165, 1.54) is 12.1 Å². The average Bonchev–Trinajstić information content (AvgIpc) is 3.50. The van der Waals surface area contributed by atoms with E-state index >= 15 is 4.39 Å². The first-order valence-corrected chi connectivity index (χ1v) is 15.6. The van der Waals surface area contributed by atoms with Gasteiger partial charge in [0.2, 0.25) is 5.91 Å². The molecular formula is C36H44FN3O3. The van der Waals surface area contributed by atoms with Crippen LogP contribution in [0, 0.1) is 24.6 Å². The summed E-state index contributed by atoms with van der Waals surface area (Å²) in [5, 5.41) is 10.2. The summed E-state index contributed by atoms with van der Waals surface area (Å²) in [4.78, 5) is 35.5. The molecule has 0 unspecified atom stereocenters. The number of carbonyl (C=O) groups is 2. The third-order valence-electron chi connectivity index (χ3n) is 9.28. The average molecular weight is 586 g/mol. The first kappa shape index (κ1) is 30.9. The molecule has 6 nitrogen and oxygen atoms in total. The Morgan fingerprint density at radius 2 is 1.70 bits per heavy atom. The molecule has 2 aliphatic heterocycles. The molecule has 0 aromatic heterocycles. The minimum atomic E-state index is -0.573. The largest absolute Gasteiger partial charge is 0.508 e. The molecule has 2 aliphatic rings. The molecule has 43 heavy (non-hydrogen) atoms. The maximum Gasteiger partial charge on any atom is 0.228 e. The van der Waals surface area contributed by atoms with Crippen LogP contribution in [0.1, 0.15) is 64.7 Å². The van der Waals surface area contributed by atoms with Crippen LogP contribution in [0.3, 0.4) is 0 Å². The summed E-state index contributed by atoms with van der Waals surface area (Å²) < 4.78 is 15.1. The summed E-state index contributed by atoms with van der Waals surface area (Å²) in [7, 11) is 4.12. The fraction of sp³-hybridized carbons (Fsp3) is 0.444.